The van der Waals surface area contributed by atoms with E-state index in [1.54, 1.807) is 0 Å². The van der Waals surface area contributed by atoms with E-state index >= 15 is 0 Å². The van der Waals surface area contributed by atoms with Crippen LogP contribution in [0.1, 0.15) is 32.6 Å². The van der Waals surface area contributed by atoms with Crippen molar-refractivity contribution in [2.24, 2.45) is 11.8 Å². The fourth-order valence-corrected chi connectivity index (χ4v) is 2.27. The first kappa shape index (κ1) is 10.9. The van der Waals surface area contributed by atoms with Crippen LogP contribution in [0.2, 0.25) is 0 Å². The molecule has 2 rings (SSSR count). The second-order valence-electron chi connectivity index (χ2n) is 5.23. The van der Waals surface area contributed by atoms with Crippen molar-refractivity contribution in [3.05, 3.63) is 0 Å². The lowest BCUT2D eigenvalue weighted by atomic mass is 10.0. The van der Waals surface area contributed by atoms with Crippen LogP contribution in [-0.4, -0.2) is 37.0 Å². The number of nitrogens with zero attached hydrogens (tertiary/aromatic N) is 1. The van der Waals surface area contributed by atoms with Gasteiger partial charge in [-0.05, 0) is 44.1 Å². The molecule has 1 heterocycles. The second-order valence-corrected chi connectivity index (χ2v) is 5.23. The third-order valence-corrected chi connectivity index (χ3v) is 3.39. The number of amides is 1. The second kappa shape index (κ2) is 4.97. The number of hydrogen-bond donors (Lipinski definition) is 1. The molecule has 1 saturated heterocycles. The Hall–Kier alpha value is -0.570. The van der Waals surface area contributed by atoms with Gasteiger partial charge in [-0.1, -0.05) is 6.92 Å². The van der Waals surface area contributed by atoms with E-state index in [9.17, 15) is 4.79 Å². The quantitative estimate of drug-likeness (QED) is 0.757. The molecule has 0 aromatic heterocycles. The number of piperidine rings is 1. The van der Waals surface area contributed by atoms with Gasteiger partial charge in [0.15, 0.2) is 0 Å². The summed E-state index contributed by atoms with van der Waals surface area (Å²) in [5.74, 6) is 1.76. The molecule has 0 aromatic carbocycles. The molecule has 1 atom stereocenters. The summed E-state index contributed by atoms with van der Waals surface area (Å²) in [6.45, 7) is 5.98. The van der Waals surface area contributed by atoms with Crippen molar-refractivity contribution >= 4 is 5.91 Å². The van der Waals surface area contributed by atoms with Crippen molar-refractivity contribution < 1.29 is 4.79 Å². The smallest absolute Gasteiger partial charge is 0.234 e. The highest BCUT2D eigenvalue weighted by Crippen LogP contribution is 2.27. The standard InChI is InChI=1S/C12H22N2O/c1-10-3-2-6-14(8-10)9-12(15)13-7-11-4-5-11/h10-11H,2-9H2,1H3,(H,13,15). The van der Waals surface area contributed by atoms with Gasteiger partial charge in [0.05, 0.1) is 6.54 Å². The summed E-state index contributed by atoms with van der Waals surface area (Å²) in [4.78, 5) is 13.9. The minimum atomic E-state index is 0.219. The van der Waals surface area contributed by atoms with Gasteiger partial charge < -0.3 is 5.32 Å². The Morgan fingerprint density at radius 2 is 2.20 bits per heavy atom. The largest absolute Gasteiger partial charge is 0.355 e. The Bertz CT molecular complexity index is 226. The molecule has 1 amide bonds. The van der Waals surface area contributed by atoms with Gasteiger partial charge in [-0.15, -0.1) is 0 Å². The summed E-state index contributed by atoms with van der Waals surface area (Å²) < 4.78 is 0. The van der Waals surface area contributed by atoms with Crippen molar-refractivity contribution in [3.8, 4) is 0 Å². The van der Waals surface area contributed by atoms with Gasteiger partial charge in [0.25, 0.3) is 0 Å². The summed E-state index contributed by atoms with van der Waals surface area (Å²) in [5.41, 5.74) is 0. The van der Waals surface area contributed by atoms with E-state index in [1.165, 1.54) is 25.7 Å². The normalized spacial score (nSPS) is 27.7. The average molecular weight is 210 g/mol. The maximum Gasteiger partial charge on any atom is 0.234 e. The van der Waals surface area contributed by atoms with E-state index < -0.39 is 0 Å². The molecule has 1 N–H and O–H groups in total. The summed E-state index contributed by atoms with van der Waals surface area (Å²) >= 11 is 0. The van der Waals surface area contributed by atoms with Crippen LogP contribution in [0.4, 0.5) is 0 Å². The van der Waals surface area contributed by atoms with Crippen molar-refractivity contribution in [3.63, 3.8) is 0 Å². The Balaban J connectivity index is 1.63. The molecule has 0 spiro atoms. The maximum absolute atomic E-state index is 11.6. The first-order chi connectivity index (χ1) is 7.24. The van der Waals surface area contributed by atoms with Gasteiger partial charge >= 0.3 is 0 Å². The third kappa shape index (κ3) is 3.82. The van der Waals surface area contributed by atoms with Crippen molar-refractivity contribution in [1.82, 2.24) is 10.2 Å². The van der Waals surface area contributed by atoms with E-state index in [-0.39, 0.29) is 5.91 Å². The molecule has 1 aliphatic heterocycles. The van der Waals surface area contributed by atoms with Gasteiger partial charge in [0.1, 0.15) is 0 Å². The summed E-state index contributed by atoms with van der Waals surface area (Å²) in [5, 5.41) is 3.03. The highest BCUT2D eigenvalue weighted by Gasteiger charge is 2.23. The molecule has 2 fully saturated rings. The lowest BCUT2D eigenvalue weighted by Crippen LogP contribution is -2.42. The number of carbonyl (C=O) groups excluding carboxylic acids is 1. The molecule has 2 aliphatic rings. The highest BCUT2D eigenvalue weighted by molar-refractivity contribution is 5.78. The van der Waals surface area contributed by atoms with Crippen LogP contribution in [-0.2, 0) is 4.79 Å². The van der Waals surface area contributed by atoms with Gasteiger partial charge in [-0.2, -0.15) is 0 Å². The van der Waals surface area contributed by atoms with Crippen LogP contribution in [0.25, 0.3) is 0 Å². The summed E-state index contributed by atoms with van der Waals surface area (Å²) in [6.07, 6.45) is 5.18. The number of carbonyl (C=O) groups is 1. The van der Waals surface area contributed by atoms with Crippen LogP contribution in [0.15, 0.2) is 0 Å². The molecule has 3 heteroatoms. The summed E-state index contributed by atoms with van der Waals surface area (Å²) in [7, 11) is 0. The third-order valence-electron chi connectivity index (χ3n) is 3.39. The topological polar surface area (TPSA) is 32.3 Å². The van der Waals surface area contributed by atoms with Crippen LogP contribution in [0, 0.1) is 11.8 Å². The SMILES string of the molecule is CC1CCCN(CC(=O)NCC2CC2)C1. The monoisotopic (exact) mass is 210 g/mol. The van der Waals surface area contributed by atoms with Crippen molar-refractivity contribution in [2.75, 3.05) is 26.2 Å². The van der Waals surface area contributed by atoms with Gasteiger partial charge in [-0.25, -0.2) is 0 Å². The fourth-order valence-electron chi connectivity index (χ4n) is 2.27. The molecule has 1 unspecified atom stereocenters. The molecule has 1 aliphatic carbocycles. The number of rotatable bonds is 4. The zero-order valence-electron chi connectivity index (χ0n) is 9.67. The van der Waals surface area contributed by atoms with E-state index in [4.69, 9.17) is 0 Å². The lowest BCUT2D eigenvalue weighted by molar-refractivity contribution is -0.122. The zero-order chi connectivity index (χ0) is 10.7. The molecule has 0 bridgehead atoms. The molecule has 0 aromatic rings. The van der Waals surface area contributed by atoms with E-state index in [0.29, 0.717) is 6.54 Å². The number of hydrogen-bond acceptors (Lipinski definition) is 2. The minimum Gasteiger partial charge on any atom is -0.355 e. The molecule has 1 saturated carbocycles. The molecule has 15 heavy (non-hydrogen) atoms. The highest BCUT2D eigenvalue weighted by atomic mass is 16.2. The first-order valence-corrected chi connectivity index (χ1v) is 6.23. The zero-order valence-corrected chi connectivity index (χ0v) is 9.67. The molecule has 3 nitrogen and oxygen atoms in total. The van der Waals surface area contributed by atoms with Crippen LogP contribution in [0.3, 0.4) is 0 Å². The van der Waals surface area contributed by atoms with Gasteiger partial charge in [-0.3, -0.25) is 9.69 Å². The van der Waals surface area contributed by atoms with Gasteiger partial charge in [0, 0.05) is 13.1 Å². The lowest BCUT2D eigenvalue weighted by Gasteiger charge is -2.30. The first-order valence-electron chi connectivity index (χ1n) is 6.23. The minimum absolute atomic E-state index is 0.219. The average Bonchev–Trinajstić information content (AvgIpc) is 2.98. The summed E-state index contributed by atoms with van der Waals surface area (Å²) in [6, 6.07) is 0. The number of likely N-dealkylation sites (tertiary alicyclic amines) is 1. The predicted octanol–water partition coefficient (Wildman–Crippen LogP) is 1.24. The number of nitrogens with one attached hydrogen (secondary N) is 1. The predicted molar refractivity (Wildman–Crippen MR) is 60.6 cm³/mol. The Kier molecular flexibility index (Phi) is 3.62. The van der Waals surface area contributed by atoms with Gasteiger partial charge in [0.2, 0.25) is 5.91 Å². The Morgan fingerprint density at radius 3 is 2.87 bits per heavy atom. The van der Waals surface area contributed by atoms with Crippen LogP contribution >= 0.6 is 0 Å². The molecule has 86 valence electrons. The molecular weight excluding hydrogens is 188 g/mol. The maximum atomic E-state index is 11.6. The van der Waals surface area contributed by atoms with E-state index in [0.717, 1.165) is 31.5 Å². The Morgan fingerprint density at radius 1 is 1.40 bits per heavy atom. The fraction of sp³-hybridized carbons (Fsp3) is 0.917. The Labute approximate surface area is 92.2 Å². The van der Waals surface area contributed by atoms with E-state index in [1.807, 2.05) is 0 Å². The van der Waals surface area contributed by atoms with Crippen molar-refractivity contribution in [1.29, 1.82) is 0 Å². The molecular formula is C12H22N2O. The van der Waals surface area contributed by atoms with Crippen molar-refractivity contribution in [2.45, 2.75) is 32.6 Å². The van der Waals surface area contributed by atoms with Crippen LogP contribution < -0.4 is 5.32 Å². The van der Waals surface area contributed by atoms with E-state index in [2.05, 4.69) is 17.1 Å². The molecule has 0 radical (unpaired) electrons. The van der Waals surface area contributed by atoms with Crippen LogP contribution in [0.5, 0.6) is 0 Å².